The number of carbonyl (C=O) groups excluding carboxylic acids is 2. The number of rotatable bonds is 8. The minimum absolute atomic E-state index is 0.246. The molecule has 2 N–H and O–H groups in total. The molecule has 0 aliphatic rings. The fraction of sp³-hybridized carbons (Fsp3) is 0.529. The zero-order valence-corrected chi connectivity index (χ0v) is 13.9. The Morgan fingerprint density at radius 3 is 2.27 bits per heavy atom. The largest absolute Gasteiger partial charge is 0.496 e. The van der Waals surface area contributed by atoms with Crippen molar-refractivity contribution in [3.05, 3.63) is 29.8 Å². The third-order valence-electron chi connectivity index (χ3n) is 3.54. The van der Waals surface area contributed by atoms with Crippen LogP contribution in [-0.2, 0) is 16.0 Å². The van der Waals surface area contributed by atoms with Gasteiger partial charge >= 0.3 is 0 Å². The summed E-state index contributed by atoms with van der Waals surface area (Å²) in [5.41, 5.74) is -0.0470. The molecule has 22 heavy (non-hydrogen) atoms. The van der Waals surface area contributed by atoms with Gasteiger partial charge in [-0.25, -0.2) is 0 Å². The average molecular weight is 306 g/mol. The Bertz CT molecular complexity index is 512. The Morgan fingerprint density at radius 1 is 1.09 bits per heavy atom. The molecule has 0 aromatic heterocycles. The summed E-state index contributed by atoms with van der Waals surface area (Å²) >= 11 is 0. The lowest BCUT2D eigenvalue weighted by Crippen LogP contribution is -2.48. The van der Waals surface area contributed by atoms with Gasteiger partial charge in [-0.05, 0) is 38.3 Å². The SMILES string of the molecule is CCCNC(=O)C(C)(C)C(=O)NCCc1ccccc1OC. The van der Waals surface area contributed by atoms with E-state index in [9.17, 15) is 9.59 Å². The van der Waals surface area contributed by atoms with Crippen LogP contribution in [0.1, 0.15) is 32.8 Å². The van der Waals surface area contributed by atoms with Crippen molar-refractivity contribution in [3.63, 3.8) is 0 Å². The van der Waals surface area contributed by atoms with E-state index in [2.05, 4.69) is 10.6 Å². The minimum atomic E-state index is -1.07. The summed E-state index contributed by atoms with van der Waals surface area (Å²) in [6.45, 7) is 6.29. The van der Waals surface area contributed by atoms with Crippen molar-refractivity contribution in [1.29, 1.82) is 0 Å². The van der Waals surface area contributed by atoms with Crippen LogP contribution in [0.4, 0.5) is 0 Å². The standard InChI is InChI=1S/C17H26N2O3/c1-5-11-18-15(20)17(2,3)16(21)19-12-10-13-8-6-7-9-14(13)22-4/h6-9H,5,10-12H2,1-4H3,(H,18,20)(H,19,21). The Hall–Kier alpha value is -2.04. The van der Waals surface area contributed by atoms with Gasteiger partial charge in [0.15, 0.2) is 0 Å². The molecule has 0 radical (unpaired) electrons. The van der Waals surface area contributed by atoms with Crippen molar-refractivity contribution in [2.24, 2.45) is 5.41 Å². The smallest absolute Gasteiger partial charge is 0.235 e. The predicted octanol–water partition coefficient (Wildman–Crippen LogP) is 1.91. The number of nitrogens with one attached hydrogen (secondary N) is 2. The average Bonchev–Trinajstić information content (AvgIpc) is 2.52. The molecule has 1 aromatic carbocycles. The molecule has 0 atom stereocenters. The predicted molar refractivity (Wildman–Crippen MR) is 86.8 cm³/mol. The van der Waals surface area contributed by atoms with E-state index in [1.165, 1.54) is 0 Å². The number of para-hydroxylation sites is 1. The Balaban J connectivity index is 2.53. The summed E-state index contributed by atoms with van der Waals surface area (Å²) in [6.07, 6.45) is 1.50. The summed E-state index contributed by atoms with van der Waals surface area (Å²) in [5.74, 6) is 0.289. The van der Waals surface area contributed by atoms with Crippen LogP contribution in [0.2, 0.25) is 0 Å². The van der Waals surface area contributed by atoms with Crippen LogP contribution in [0.25, 0.3) is 0 Å². The number of hydrogen-bond donors (Lipinski definition) is 2. The van der Waals surface area contributed by atoms with Crippen molar-refractivity contribution in [2.45, 2.75) is 33.6 Å². The zero-order chi connectivity index (χ0) is 16.6. The number of ether oxygens (including phenoxy) is 1. The molecular formula is C17H26N2O3. The second kappa shape index (κ2) is 8.41. The van der Waals surface area contributed by atoms with E-state index in [1.54, 1.807) is 21.0 Å². The molecule has 1 aromatic rings. The first-order valence-electron chi connectivity index (χ1n) is 7.62. The highest BCUT2D eigenvalue weighted by Gasteiger charge is 2.35. The van der Waals surface area contributed by atoms with Crippen molar-refractivity contribution < 1.29 is 14.3 Å². The molecule has 0 aliphatic carbocycles. The third-order valence-corrected chi connectivity index (χ3v) is 3.54. The second-order valence-corrected chi connectivity index (χ2v) is 5.70. The van der Waals surface area contributed by atoms with Gasteiger partial charge in [0.1, 0.15) is 11.2 Å². The summed E-state index contributed by atoms with van der Waals surface area (Å²) in [5, 5.41) is 5.58. The van der Waals surface area contributed by atoms with E-state index in [1.807, 2.05) is 31.2 Å². The highest BCUT2D eigenvalue weighted by molar-refractivity contribution is 6.04. The van der Waals surface area contributed by atoms with Crippen LogP contribution in [-0.4, -0.2) is 32.0 Å². The van der Waals surface area contributed by atoms with Gasteiger partial charge in [-0.2, -0.15) is 0 Å². The quantitative estimate of drug-likeness (QED) is 0.721. The van der Waals surface area contributed by atoms with Gasteiger partial charge in [-0.1, -0.05) is 25.1 Å². The topological polar surface area (TPSA) is 67.4 Å². The lowest BCUT2D eigenvalue weighted by molar-refractivity contribution is -0.141. The fourth-order valence-electron chi connectivity index (χ4n) is 2.00. The number of benzene rings is 1. The summed E-state index contributed by atoms with van der Waals surface area (Å²) in [7, 11) is 1.62. The van der Waals surface area contributed by atoms with Crippen LogP contribution in [0.3, 0.4) is 0 Å². The van der Waals surface area contributed by atoms with E-state index in [0.717, 1.165) is 17.7 Å². The maximum Gasteiger partial charge on any atom is 0.235 e. The Morgan fingerprint density at radius 2 is 1.68 bits per heavy atom. The van der Waals surface area contributed by atoms with Gasteiger partial charge in [-0.3, -0.25) is 9.59 Å². The Labute approximate surface area is 132 Å². The van der Waals surface area contributed by atoms with Gasteiger partial charge in [0.25, 0.3) is 0 Å². The molecule has 2 amide bonds. The van der Waals surface area contributed by atoms with Crippen LogP contribution in [0, 0.1) is 5.41 Å². The Kier molecular flexibility index (Phi) is 6.89. The second-order valence-electron chi connectivity index (χ2n) is 5.70. The van der Waals surface area contributed by atoms with E-state index in [4.69, 9.17) is 4.74 Å². The first-order chi connectivity index (χ1) is 10.4. The molecule has 0 saturated heterocycles. The monoisotopic (exact) mass is 306 g/mol. The maximum atomic E-state index is 12.2. The molecular weight excluding hydrogens is 280 g/mol. The van der Waals surface area contributed by atoms with Gasteiger partial charge in [0, 0.05) is 13.1 Å². The molecule has 0 aliphatic heterocycles. The molecule has 0 unspecified atom stereocenters. The van der Waals surface area contributed by atoms with Gasteiger partial charge in [0.05, 0.1) is 7.11 Å². The van der Waals surface area contributed by atoms with E-state index in [0.29, 0.717) is 19.5 Å². The molecule has 5 heteroatoms. The van der Waals surface area contributed by atoms with Gasteiger partial charge < -0.3 is 15.4 Å². The van der Waals surface area contributed by atoms with Gasteiger partial charge in [-0.15, -0.1) is 0 Å². The maximum absolute atomic E-state index is 12.2. The summed E-state index contributed by atoms with van der Waals surface area (Å²) < 4.78 is 5.28. The molecule has 122 valence electrons. The normalized spacial score (nSPS) is 10.9. The highest BCUT2D eigenvalue weighted by atomic mass is 16.5. The van der Waals surface area contributed by atoms with Gasteiger partial charge in [0.2, 0.25) is 11.8 Å². The van der Waals surface area contributed by atoms with E-state index < -0.39 is 5.41 Å². The summed E-state index contributed by atoms with van der Waals surface area (Å²) in [6, 6.07) is 7.69. The van der Waals surface area contributed by atoms with Crippen LogP contribution in [0.15, 0.2) is 24.3 Å². The molecule has 0 spiro atoms. The van der Waals surface area contributed by atoms with Crippen LogP contribution < -0.4 is 15.4 Å². The molecule has 0 bridgehead atoms. The summed E-state index contributed by atoms with van der Waals surface area (Å²) in [4.78, 5) is 24.2. The van der Waals surface area contributed by atoms with Crippen molar-refractivity contribution in [3.8, 4) is 5.75 Å². The first kappa shape index (κ1) is 18.0. The van der Waals surface area contributed by atoms with E-state index >= 15 is 0 Å². The lowest BCUT2D eigenvalue weighted by atomic mass is 9.91. The molecule has 1 rings (SSSR count). The number of amides is 2. The van der Waals surface area contributed by atoms with Crippen LogP contribution in [0.5, 0.6) is 5.75 Å². The van der Waals surface area contributed by atoms with Crippen molar-refractivity contribution in [2.75, 3.05) is 20.2 Å². The van der Waals surface area contributed by atoms with E-state index in [-0.39, 0.29) is 11.8 Å². The zero-order valence-electron chi connectivity index (χ0n) is 13.9. The molecule has 0 heterocycles. The first-order valence-corrected chi connectivity index (χ1v) is 7.62. The molecule has 0 saturated carbocycles. The van der Waals surface area contributed by atoms with Crippen molar-refractivity contribution in [1.82, 2.24) is 10.6 Å². The number of methoxy groups -OCH3 is 1. The van der Waals surface area contributed by atoms with Crippen molar-refractivity contribution >= 4 is 11.8 Å². The number of hydrogen-bond acceptors (Lipinski definition) is 3. The highest BCUT2D eigenvalue weighted by Crippen LogP contribution is 2.18. The third kappa shape index (κ3) is 4.76. The molecule has 5 nitrogen and oxygen atoms in total. The number of carbonyl (C=O) groups is 2. The lowest BCUT2D eigenvalue weighted by Gasteiger charge is -2.22. The molecule has 0 fully saturated rings. The minimum Gasteiger partial charge on any atom is -0.496 e. The fourth-order valence-corrected chi connectivity index (χ4v) is 2.00. The van der Waals surface area contributed by atoms with Crippen LogP contribution >= 0.6 is 0 Å².